The molecule has 0 aliphatic rings. The number of nitrogens with zero attached hydrogens (tertiary/aromatic N) is 1. The van der Waals surface area contributed by atoms with Gasteiger partial charge in [0.15, 0.2) is 6.54 Å². The van der Waals surface area contributed by atoms with Crippen LogP contribution in [0.3, 0.4) is 0 Å². The van der Waals surface area contributed by atoms with Gasteiger partial charge >= 0.3 is 18.0 Å². The molecule has 188 valence electrons. The SMILES string of the molecule is CC(C)(C)OC(=O)C[N+](C)(C)CCSCCC(NC(=O)OC(C)(C)C)C(=O)OC(C)(C)C. The normalized spacial score (nSPS) is 13.8. The predicted octanol–water partition coefficient (Wildman–Crippen LogP) is 3.76. The minimum Gasteiger partial charge on any atom is -0.458 e. The molecule has 0 spiro atoms. The minimum absolute atomic E-state index is 0.223. The molecule has 1 unspecified atom stereocenters. The fourth-order valence-corrected chi connectivity index (χ4v) is 3.72. The first-order valence-corrected chi connectivity index (χ1v) is 12.2. The van der Waals surface area contributed by atoms with E-state index >= 15 is 0 Å². The van der Waals surface area contributed by atoms with Crippen molar-refractivity contribution in [2.45, 2.75) is 91.6 Å². The summed E-state index contributed by atoms with van der Waals surface area (Å²) in [6.07, 6.45) is -0.230. The maximum Gasteiger partial charge on any atom is 0.408 e. The van der Waals surface area contributed by atoms with E-state index in [4.69, 9.17) is 14.2 Å². The number of likely N-dealkylation sites (N-methyl/N-ethyl adjacent to an activating group) is 1. The van der Waals surface area contributed by atoms with Crippen molar-refractivity contribution in [1.29, 1.82) is 0 Å². The van der Waals surface area contributed by atoms with Crippen LogP contribution in [0.4, 0.5) is 4.79 Å². The second kappa shape index (κ2) is 12.1. The van der Waals surface area contributed by atoms with Crippen LogP contribution in [0.1, 0.15) is 68.7 Å². The summed E-state index contributed by atoms with van der Waals surface area (Å²) in [6, 6.07) is -0.791. The van der Waals surface area contributed by atoms with Crippen molar-refractivity contribution in [1.82, 2.24) is 5.32 Å². The first-order valence-electron chi connectivity index (χ1n) is 11.0. The zero-order valence-corrected chi connectivity index (χ0v) is 22.7. The van der Waals surface area contributed by atoms with Crippen molar-refractivity contribution in [3.63, 3.8) is 0 Å². The molecule has 0 aliphatic carbocycles. The Kier molecular flexibility index (Phi) is 11.6. The topological polar surface area (TPSA) is 90.9 Å². The molecule has 0 aromatic carbocycles. The Balaban J connectivity index is 4.69. The van der Waals surface area contributed by atoms with Crippen molar-refractivity contribution in [2.24, 2.45) is 0 Å². The first-order chi connectivity index (χ1) is 14.2. The third-order valence-corrected chi connectivity index (χ3v) is 4.75. The van der Waals surface area contributed by atoms with E-state index in [1.807, 2.05) is 34.9 Å². The molecule has 0 saturated carbocycles. The Labute approximate surface area is 198 Å². The number of hydrogen-bond acceptors (Lipinski definition) is 7. The number of quaternary nitrogens is 1. The van der Waals surface area contributed by atoms with E-state index in [1.165, 1.54) is 0 Å². The van der Waals surface area contributed by atoms with Crippen molar-refractivity contribution in [3.8, 4) is 0 Å². The molecule has 32 heavy (non-hydrogen) atoms. The molecule has 0 rings (SSSR count). The number of ether oxygens (including phenoxy) is 3. The van der Waals surface area contributed by atoms with Gasteiger partial charge in [0.2, 0.25) is 0 Å². The van der Waals surface area contributed by atoms with E-state index < -0.39 is 34.9 Å². The Hall–Kier alpha value is -1.48. The van der Waals surface area contributed by atoms with Crippen molar-refractivity contribution in [2.75, 3.05) is 38.7 Å². The molecule has 0 aromatic rings. The van der Waals surface area contributed by atoms with Crippen LogP contribution in [0, 0.1) is 0 Å². The van der Waals surface area contributed by atoms with Gasteiger partial charge in [0, 0.05) is 5.75 Å². The highest BCUT2D eigenvalue weighted by atomic mass is 32.2. The van der Waals surface area contributed by atoms with Crippen LogP contribution in [0.5, 0.6) is 0 Å². The maximum atomic E-state index is 12.6. The molecule has 1 amide bonds. The maximum absolute atomic E-state index is 12.6. The molecule has 1 atom stereocenters. The fraction of sp³-hybridized carbons (Fsp3) is 0.870. The molecule has 0 fully saturated rings. The largest absolute Gasteiger partial charge is 0.458 e. The van der Waals surface area contributed by atoms with E-state index in [0.717, 1.165) is 12.3 Å². The van der Waals surface area contributed by atoms with E-state index in [1.54, 1.807) is 53.3 Å². The summed E-state index contributed by atoms with van der Waals surface area (Å²) in [5.41, 5.74) is -1.81. The third kappa shape index (κ3) is 17.1. The lowest BCUT2D eigenvalue weighted by atomic mass is 10.1. The van der Waals surface area contributed by atoms with Gasteiger partial charge < -0.3 is 24.0 Å². The van der Waals surface area contributed by atoms with E-state index in [0.29, 0.717) is 23.2 Å². The highest BCUT2D eigenvalue weighted by Crippen LogP contribution is 2.15. The standard InChI is InChI=1S/C23H44N2O6S/c1-21(2,3)29-18(26)16-25(10,11)13-15-32-14-12-17(19(27)30-22(4,5)6)24-20(28)31-23(7,8)9/h17H,12-16H2,1-11H3/p+1. The van der Waals surface area contributed by atoms with Gasteiger partial charge in [-0.15, -0.1) is 0 Å². The molecule has 0 heterocycles. The number of rotatable bonds is 10. The van der Waals surface area contributed by atoms with Gasteiger partial charge in [0.25, 0.3) is 0 Å². The van der Waals surface area contributed by atoms with Crippen LogP contribution < -0.4 is 5.32 Å². The molecule has 0 bridgehead atoms. The molecular weight excluding hydrogens is 432 g/mol. The number of esters is 2. The van der Waals surface area contributed by atoms with Crippen LogP contribution in [-0.2, 0) is 23.8 Å². The van der Waals surface area contributed by atoms with Gasteiger partial charge in [0.1, 0.15) is 22.8 Å². The Morgan fingerprint density at radius 2 is 1.31 bits per heavy atom. The predicted molar refractivity (Wildman–Crippen MR) is 129 cm³/mol. The molecule has 8 nitrogen and oxygen atoms in total. The zero-order chi connectivity index (χ0) is 25.4. The van der Waals surface area contributed by atoms with Gasteiger partial charge in [-0.3, -0.25) is 0 Å². The zero-order valence-electron chi connectivity index (χ0n) is 21.9. The van der Waals surface area contributed by atoms with Gasteiger partial charge in [-0.25, -0.2) is 14.4 Å². The number of thioether (sulfide) groups is 1. The lowest BCUT2D eigenvalue weighted by Gasteiger charge is -2.30. The molecular formula is C23H45N2O6S+. The van der Waals surface area contributed by atoms with Crippen LogP contribution >= 0.6 is 11.8 Å². The highest BCUT2D eigenvalue weighted by Gasteiger charge is 2.29. The summed E-state index contributed by atoms with van der Waals surface area (Å²) < 4.78 is 16.6. The number of amides is 1. The molecule has 1 N–H and O–H groups in total. The number of carbonyl (C=O) groups excluding carboxylic acids is 3. The number of alkyl carbamates (subject to hydrolysis) is 1. The second-order valence-corrected chi connectivity index (χ2v) is 12.8. The average Bonchev–Trinajstić information content (AvgIpc) is 2.46. The monoisotopic (exact) mass is 477 g/mol. The van der Waals surface area contributed by atoms with Crippen LogP contribution in [0.2, 0.25) is 0 Å². The Bertz CT molecular complexity index is 630. The van der Waals surface area contributed by atoms with Crippen LogP contribution in [0.25, 0.3) is 0 Å². The summed E-state index contributed by atoms with van der Waals surface area (Å²) in [6.45, 7) is 17.3. The molecule has 9 heteroatoms. The molecule has 0 saturated heterocycles. The number of nitrogens with one attached hydrogen (secondary N) is 1. The Morgan fingerprint density at radius 3 is 1.78 bits per heavy atom. The van der Waals surface area contributed by atoms with Gasteiger partial charge in [-0.2, -0.15) is 11.8 Å². The van der Waals surface area contributed by atoms with Crippen LogP contribution in [-0.4, -0.2) is 84.1 Å². The summed E-state index contributed by atoms with van der Waals surface area (Å²) in [5, 5.41) is 2.64. The third-order valence-electron chi connectivity index (χ3n) is 3.75. The lowest BCUT2D eigenvalue weighted by molar-refractivity contribution is -0.880. The first kappa shape index (κ1) is 30.5. The van der Waals surface area contributed by atoms with E-state index in [9.17, 15) is 14.4 Å². The smallest absolute Gasteiger partial charge is 0.408 e. The van der Waals surface area contributed by atoms with Gasteiger partial charge in [-0.1, -0.05) is 0 Å². The average molecular weight is 478 g/mol. The summed E-state index contributed by atoms with van der Waals surface area (Å²) in [4.78, 5) is 36.8. The minimum atomic E-state index is -0.791. The fourth-order valence-electron chi connectivity index (χ4n) is 2.49. The van der Waals surface area contributed by atoms with Crippen molar-refractivity contribution < 1.29 is 33.1 Å². The van der Waals surface area contributed by atoms with E-state index in [2.05, 4.69) is 5.32 Å². The van der Waals surface area contributed by atoms with Crippen LogP contribution in [0.15, 0.2) is 0 Å². The van der Waals surface area contributed by atoms with Crippen molar-refractivity contribution >= 4 is 29.8 Å². The quantitative estimate of drug-likeness (QED) is 0.222. The van der Waals surface area contributed by atoms with Crippen molar-refractivity contribution in [3.05, 3.63) is 0 Å². The Morgan fingerprint density at radius 1 is 0.812 bits per heavy atom. The van der Waals surface area contributed by atoms with Gasteiger partial charge in [0.05, 0.1) is 20.6 Å². The molecule has 0 aliphatic heterocycles. The van der Waals surface area contributed by atoms with E-state index in [-0.39, 0.29) is 5.97 Å². The lowest BCUT2D eigenvalue weighted by Crippen LogP contribution is -2.47. The summed E-state index contributed by atoms with van der Waals surface area (Å²) in [7, 11) is 3.97. The van der Waals surface area contributed by atoms with Gasteiger partial charge in [-0.05, 0) is 74.5 Å². The number of hydrogen-bond donors (Lipinski definition) is 1. The summed E-state index contributed by atoms with van der Waals surface area (Å²) in [5.74, 6) is 0.735. The highest BCUT2D eigenvalue weighted by molar-refractivity contribution is 7.99. The molecule has 0 aromatic heterocycles. The molecule has 0 radical (unpaired) electrons. The second-order valence-electron chi connectivity index (χ2n) is 11.5. The number of carbonyl (C=O) groups is 3. The summed E-state index contributed by atoms with van der Waals surface area (Å²) >= 11 is 1.66.